The van der Waals surface area contributed by atoms with Gasteiger partial charge in [0, 0.05) is 47.1 Å². The number of thiol groups is 1. The summed E-state index contributed by atoms with van der Waals surface area (Å²) in [6.45, 7) is 2.10. The maximum Gasteiger partial charge on any atom is 0.284 e. The average molecular weight is 557 g/mol. The number of hydrogen-bond acceptors (Lipinski definition) is 5. The maximum atomic E-state index is 13.0. The number of rotatable bonds is 1. The Kier molecular flexibility index (Phi) is 9.08. The van der Waals surface area contributed by atoms with Crippen molar-refractivity contribution in [2.45, 2.75) is 57.6 Å². The summed E-state index contributed by atoms with van der Waals surface area (Å²) in [6, 6.07) is 11.7. The van der Waals surface area contributed by atoms with Gasteiger partial charge in [0.15, 0.2) is 0 Å². The summed E-state index contributed by atoms with van der Waals surface area (Å²) in [5.41, 5.74) is 3.82. The molecule has 1 saturated carbocycles. The van der Waals surface area contributed by atoms with Crippen molar-refractivity contribution >= 4 is 33.8 Å². The zero-order valence-corrected chi connectivity index (χ0v) is 23.6. The lowest BCUT2D eigenvalue weighted by Crippen LogP contribution is -2.43. The number of anilines is 1. The molecule has 0 aromatic heterocycles. The third-order valence-corrected chi connectivity index (χ3v) is 9.39. The van der Waals surface area contributed by atoms with E-state index in [9.17, 15) is 9.00 Å². The van der Waals surface area contributed by atoms with Crippen LogP contribution in [0.3, 0.4) is 0 Å². The number of hydrogen-bond donors (Lipinski definition) is 1. The third kappa shape index (κ3) is 6.44. The number of methoxy groups -OCH3 is 1. The van der Waals surface area contributed by atoms with Gasteiger partial charge in [0.05, 0.1) is 18.4 Å². The first-order valence-electron chi connectivity index (χ1n) is 13.7. The molecule has 0 radical (unpaired) electrons. The summed E-state index contributed by atoms with van der Waals surface area (Å²) >= 11 is 6.39. The van der Waals surface area contributed by atoms with Crippen LogP contribution in [0, 0.1) is 11.8 Å². The first-order valence-corrected chi connectivity index (χ1v) is 15.5. The molecule has 2 aromatic carbocycles. The quantitative estimate of drug-likeness (QED) is 0.332. The Balaban J connectivity index is 1.60. The fourth-order valence-electron chi connectivity index (χ4n) is 5.77. The number of halogens is 1. The van der Waals surface area contributed by atoms with Crippen LogP contribution in [0.15, 0.2) is 52.9 Å². The third-order valence-electron chi connectivity index (χ3n) is 8.05. The van der Waals surface area contributed by atoms with Gasteiger partial charge in [-0.15, -0.1) is 0 Å². The Morgan fingerprint density at radius 1 is 1.11 bits per heavy atom. The first-order chi connectivity index (χ1) is 18.5. The van der Waals surface area contributed by atoms with E-state index in [4.69, 9.17) is 21.1 Å². The standard InChI is InChI=1S/C30H37ClN2O4S/c1-36-28-8-3-2-6-16-38(35)32-30(34)22-11-14-29-27(18-22)33(20-24-10-13-26(24)28)19-23-9-12-25(31)17-21(23)7-4-5-15-37-29/h3,8-9,11-12,14,17-18,24,26,28,38H,2,4-7,10,13,15-16,19-20H2,1H3/b8-3+/t24-,26+,28-/m0/s1. The molecule has 204 valence electrons. The van der Waals surface area contributed by atoms with E-state index >= 15 is 0 Å². The summed E-state index contributed by atoms with van der Waals surface area (Å²) in [5.74, 6) is 1.61. The number of allylic oxidation sites excluding steroid dienone is 1. The molecule has 0 spiro atoms. The fourth-order valence-corrected chi connectivity index (χ4v) is 6.84. The van der Waals surface area contributed by atoms with E-state index in [1.807, 2.05) is 18.2 Å². The van der Waals surface area contributed by atoms with Crippen LogP contribution in [0.5, 0.6) is 5.75 Å². The zero-order chi connectivity index (χ0) is 26.5. The minimum atomic E-state index is -1.95. The highest BCUT2D eigenvalue weighted by atomic mass is 35.5. The molecule has 5 rings (SSSR count). The second kappa shape index (κ2) is 12.7. The molecular weight excluding hydrogens is 520 g/mol. The van der Waals surface area contributed by atoms with Gasteiger partial charge in [0.25, 0.3) is 5.91 Å². The van der Waals surface area contributed by atoms with Gasteiger partial charge in [-0.2, -0.15) is 4.36 Å². The van der Waals surface area contributed by atoms with Crippen LogP contribution in [0.1, 0.15) is 60.0 Å². The van der Waals surface area contributed by atoms with Crippen molar-refractivity contribution in [3.05, 3.63) is 70.3 Å². The van der Waals surface area contributed by atoms with Crippen molar-refractivity contribution in [2.24, 2.45) is 16.2 Å². The Bertz CT molecular complexity index is 1270. The maximum absolute atomic E-state index is 13.0. The van der Waals surface area contributed by atoms with E-state index < -0.39 is 16.5 Å². The highest BCUT2D eigenvalue weighted by Gasteiger charge is 2.37. The summed E-state index contributed by atoms with van der Waals surface area (Å²) in [4.78, 5) is 15.4. The van der Waals surface area contributed by atoms with Gasteiger partial charge in [-0.1, -0.05) is 29.8 Å². The highest BCUT2D eigenvalue weighted by Crippen LogP contribution is 2.42. The number of nitrogens with zero attached hydrogens (tertiary/aromatic N) is 2. The molecule has 2 aliphatic heterocycles. The van der Waals surface area contributed by atoms with Gasteiger partial charge in [-0.05, 0) is 98.2 Å². The van der Waals surface area contributed by atoms with Gasteiger partial charge in [-0.25, -0.2) is 0 Å². The number of ether oxygens (including phenoxy) is 2. The van der Waals surface area contributed by atoms with Crippen molar-refractivity contribution < 1.29 is 18.5 Å². The number of aryl methyl sites for hydroxylation is 1. The van der Waals surface area contributed by atoms with E-state index in [-0.39, 0.29) is 6.10 Å². The van der Waals surface area contributed by atoms with E-state index in [1.165, 1.54) is 11.1 Å². The predicted molar refractivity (Wildman–Crippen MR) is 154 cm³/mol. The van der Waals surface area contributed by atoms with Crippen LogP contribution in [-0.4, -0.2) is 42.2 Å². The Morgan fingerprint density at radius 3 is 2.82 bits per heavy atom. The minimum absolute atomic E-state index is 0.0544. The fraction of sp³-hybridized carbons (Fsp3) is 0.500. The summed E-state index contributed by atoms with van der Waals surface area (Å²) in [5, 5.41) is 0.751. The molecular formula is C30H37ClN2O4S. The molecule has 2 heterocycles. The summed E-state index contributed by atoms with van der Waals surface area (Å²) in [7, 11) is -0.167. The van der Waals surface area contributed by atoms with Gasteiger partial charge >= 0.3 is 0 Å². The van der Waals surface area contributed by atoms with Crippen LogP contribution >= 0.6 is 11.6 Å². The number of amides is 1. The largest absolute Gasteiger partial charge is 0.491 e. The van der Waals surface area contributed by atoms with Gasteiger partial charge in [0.1, 0.15) is 5.75 Å². The van der Waals surface area contributed by atoms with E-state index in [0.717, 1.165) is 68.0 Å². The van der Waals surface area contributed by atoms with Gasteiger partial charge in [0.2, 0.25) is 0 Å². The van der Waals surface area contributed by atoms with Crippen LogP contribution in [0.25, 0.3) is 0 Å². The number of carbonyl (C=O) groups excluding carboxylic acids is 1. The minimum Gasteiger partial charge on any atom is -0.491 e. The first kappa shape index (κ1) is 27.2. The van der Waals surface area contributed by atoms with Gasteiger partial charge in [-0.3, -0.25) is 9.00 Å². The second-order valence-electron chi connectivity index (χ2n) is 10.5. The lowest BCUT2D eigenvalue weighted by Gasteiger charge is -2.43. The topological polar surface area (TPSA) is 68.2 Å². The van der Waals surface area contributed by atoms with E-state index in [2.05, 4.69) is 33.5 Å². The van der Waals surface area contributed by atoms with Crippen molar-refractivity contribution in [1.29, 1.82) is 0 Å². The molecule has 0 saturated heterocycles. The molecule has 1 aliphatic carbocycles. The number of fused-ring (bicyclic) bond motifs is 3. The van der Waals surface area contributed by atoms with E-state index in [0.29, 0.717) is 36.3 Å². The normalized spacial score (nSPS) is 27.8. The molecule has 4 atom stereocenters. The summed E-state index contributed by atoms with van der Waals surface area (Å²) < 4.78 is 28.8. The molecule has 1 unspecified atom stereocenters. The highest BCUT2D eigenvalue weighted by molar-refractivity contribution is 7.75. The average Bonchev–Trinajstić information content (AvgIpc) is 2.92. The molecule has 8 heteroatoms. The number of benzene rings is 2. The van der Waals surface area contributed by atoms with Crippen LogP contribution < -0.4 is 9.64 Å². The van der Waals surface area contributed by atoms with Crippen LogP contribution in [-0.2, 0) is 28.3 Å². The Hall–Kier alpha value is -2.35. The van der Waals surface area contributed by atoms with Crippen LogP contribution in [0.2, 0.25) is 5.02 Å². The molecule has 1 fully saturated rings. The molecule has 3 aliphatic rings. The van der Waals surface area contributed by atoms with Crippen molar-refractivity contribution in [1.82, 2.24) is 0 Å². The Labute approximate surface area is 232 Å². The molecule has 2 aromatic rings. The lowest BCUT2D eigenvalue weighted by molar-refractivity contribution is 0.0134. The van der Waals surface area contributed by atoms with Crippen molar-refractivity contribution in [3.8, 4) is 5.75 Å². The predicted octanol–water partition coefficient (Wildman–Crippen LogP) is 6.26. The van der Waals surface area contributed by atoms with Crippen molar-refractivity contribution in [2.75, 3.05) is 30.9 Å². The van der Waals surface area contributed by atoms with Crippen LogP contribution in [0.4, 0.5) is 5.69 Å². The van der Waals surface area contributed by atoms with E-state index in [1.54, 1.807) is 13.2 Å². The second-order valence-corrected chi connectivity index (χ2v) is 12.3. The molecule has 6 nitrogen and oxygen atoms in total. The lowest BCUT2D eigenvalue weighted by atomic mass is 9.70. The Morgan fingerprint density at radius 2 is 2.00 bits per heavy atom. The molecule has 2 bridgehead atoms. The zero-order valence-electron chi connectivity index (χ0n) is 22.0. The smallest absolute Gasteiger partial charge is 0.284 e. The SMILES string of the molecule is CO[C@H]1/C=C/CCC/[SH](=O)=N\C(=O)c2ccc3c(c2)N(Cc2ccc(Cl)cc2CCCCO3)C[C@@H]2CC[C@H]21. The number of carbonyl (C=O) groups is 1. The molecule has 0 N–H and O–H groups in total. The van der Waals surface area contributed by atoms with Crippen molar-refractivity contribution in [3.63, 3.8) is 0 Å². The monoisotopic (exact) mass is 556 g/mol. The molecule has 1 amide bonds. The summed E-state index contributed by atoms with van der Waals surface area (Å²) in [6.07, 6.45) is 11.0. The molecule has 38 heavy (non-hydrogen) atoms. The van der Waals surface area contributed by atoms with Gasteiger partial charge < -0.3 is 14.4 Å².